The van der Waals surface area contributed by atoms with Crippen molar-refractivity contribution in [2.75, 3.05) is 39.3 Å². The first-order valence-electron chi connectivity index (χ1n) is 12.1. The molecule has 1 fully saturated rings. The highest BCUT2D eigenvalue weighted by atomic mass is 35.5. The smallest absolute Gasteiger partial charge is 0.128 e. The summed E-state index contributed by atoms with van der Waals surface area (Å²) in [5.74, 6) is 0.690. The fraction of sp³-hybridized carbons (Fsp3) is 0.276. The average Bonchev–Trinajstić information content (AvgIpc) is 2.91. The van der Waals surface area contributed by atoms with E-state index in [1.54, 1.807) is 12.3 Å². The van der Waals surface area contributed by atoms with Crippen LogP contribution in [0.3, 0.4) is 0 Å². The molecule has 1 saturated heterocycles. The molecular weight excluding hydrogens is 458 g/mol. The second-order valence-electron chi connectivity index (χ2n) is 8.97. The third kappa shape index (κ3) is 5.65. The maximum atomic E-state index is 10.7. The van der Waals surface area contributed by atoms with Crippen LogP contribution < -0.4 is 4.74 Å². The van der Waals surface area contributed by atoms with Crippen LogP contribution in [-0.2, 0) is 0 Å². The van der Waals surface area contributed by atoms with Crippen molar-refractivity contribution in [2.45, 2.75) is 12.1 Å². The molecule has 0 saturated carbocycles. The van der Waals surface area contributed by atoms with Crippen LogP contribution >= 0.6 is 11.6 Å². The fourth-order valence-electron chi connectivity index (χ4n) is 4.86. The van der Waals surface area contributed by atoms with Gasteiger partial charge in [0.15, 0.2) is 0 Å². The number of aliphatic hydroxyl groups is 1. The minimum atomic E-state index is -0.581. The average molecular weight is 488 g/mol. The summed E-state index contributed by atoms with van der Waals surface area (Å²) in [5.41, 5.74) is 3.33. The Hall–Kier alpha value is -2.96. The number of aliphatic hydroxyl groups excluding tert-OH is 1. The molecule has 2 heterocycles. The van der Waals surface area contributed by atoms with E-state index in [-0.39, 0.29) is 12.6 Å². The summed E-state index contributed by atoms with van der Waals surface area (Å²) in [5, 5.41) is 12.1. The number of halogens is 1. The molecule has 0 amide bonds. The molecule has 180 valence electrons. The van der Waals surface area contributed by atoms with E-state index in [9.17, 15) is 5.11 Å². The quantitative estimate of drug-likeness (QED) is 0.377. The number of rotatable bonds is 8. The molecule has 1 N–H and O–H groups in total. The lowest BCUT2D eigenvalue weighted by Crippen LogP contribution is -2.50. The van der Waals surface area contributed by atoms with Gasteiger partial charge in [0.05, 0.1) is 16.6 Å². The van der Waals surface area contributed by atoms with Gasteiger partial charge in [-0.15, -0.1) is 0 Å². The molecule has 1 aromatic heterocycles. The Morgan fingerprint density at radius 3 is 2.14 bits per heavy atom. The van der Waals surface area contributed by atoms with Gasteiger partial charge in [-0.05, 0) is 35.4 Å². The summed E-state index contributed by atoms with van der Waals surface area (Å²) in [6.07, 6.45) is 1.13. The number of benzene rings is 3. The van der Waals surface area contributed by atoms with E-state index in [2.05, 4.69) is 75.4 Å². The minimum Gasteiger partial charge on any atom is -0.490 e. The molecule has 0 aliphatic carbocycles. The van der Waals surface area contributed by atoms with Crippen LogP contribution in [0.5, 0.6) is 5.75 Å². The Morgan fingerprint density at radius 1 is 0.829 bits per heavy atom. The highest BCUT2D eigenvalue weighted by Gasteiger charge is 2.27. The number of hydrogen-bond donors (Lipinski definition) is 1. The summed E-state index contributed by atoms with van der Waals surface area (Å²) in [6, 6.07) is 29.1. The summed E-state index contributed by atoms with van der Waals surface area (Å²) in [7, 11) is 0. The Morgan fingerprint density at radius 2 is 1.49 bits per heavy atom. The predicted molar refractivity (Wildman–Crippen MR) is 141 cm³/mol. The molecule has 0 spiro atoms. The molecular formula is C29H30ClN3O2. The standard InChI is InChI=1S/C29H30ClN3O2/c30-26-13-14-27(25-12-7-15-31-28(25)26)35-21-24(34)20-32-16-18-33(19-17-32)29(22-8-3-1-4-9-22)23-10-5-2-6-11-23/h1-15,24,29,34H,16-21H2. The third-order valence-electron chi connectivity index (χ3n) is 6.58. The number of fused-ring (bicyclic) bond motifs is 1. The molecule has 0 bridgehead atoms. The van der Waals surface area contributed by atoms with E-state index in [0.29, 0.717) is 22.8 Å². The zero-order valence-corrected chi connectivity index (χ0v) is 20.4. The van der Waals surface area contributed by atoms with Crippen molar-refractivity contribution in [1.82, 2.24) is 14.8 Å². The van der Waals surface area contributed by atoms with E-state index in [1.807, 2.05) is 18.2 Å². The highest BCUT2D eigenvalue weighted by Crippen LogP contribution is 2.31. The van der Waals surface area contributed by atoms with E-state index < -0.39 is 6.10 Å². The van der Waals surface area contributed by atoms with E-state index in [1.165, 1.54) is 11.1 Å². The zero-order chi connectivity index (χ0) is 24.0. The predicted octanol–water partition coefficient (Wildman–Crippen LogP) is 5.04. The van der Waals surface area contributed by atoms with Gasteiger partial charge in [-0.2, -0.15) is 0 Å². The first kappa shape index (κ1) is 23.8. The van der Waals surface area contributed by atoms with Gasteiger partial charge in [0, 0.05) is 44.3 Å². The molecule has 3 aromatic carbocycles. The molecule has 1 unspecified atom stereocenters. The highest BCUT2D eigenvalue weighted by molar-refractivity contribution is 6.35. The summed E-state index contributed by atoms with van der Waals surface area (Å²) < 4.78 is 5.97. The van der Waals surface area contributed by atoms with Gasteiger partial charge >= 0.3 is 0 Å². The normalized spacial score (nSPS) is 16.0. The largest absolute Gasteiger partial charge is 0.490 e. The second-order valence-corrected chi connectivity index (χ2v) is 9.38. The number of ether oxygens (including phenoxy) is 1. The van der Waals surface area contributed by atoms with Gasteiger partial charge in [-0.3, -0.25) is 14.8 Å². The number of hydrogen-bond acceptors (Lipinski definition) is 5. The Balaban J connectivity index is 1.18. The summed E-state index contributed by atoms with van der Waals surface area (Å²) >= 11 is 6.25. The van der Waals surface area contributed by atoms with Crippen LogP contribution in [0, 0.1) is 0 Å². The van der Waals surface area contributed by atoms with Gasteiger partial charge in [0.1, 0.15) is 18.5 Å². The van der Waals surface area contributed by atoms with Crippen LogP contribution in [0.15, 0.2) is 91.1 Å². The lowest BCUT2D eigenvalue weighted by Gasteiger charge is -2.40. The second kappa shape index (κ2) is 11.2. The Bertz CT molecular complexity index is 1190. The van der Waals surface area contributed by atoms with Gasteiger partial charge in [0.2, 0.25) is 0 Å². The lowest BCUT2D eigenvalue weighted by molar-refractivity contribution is 0.0404. The molecule has 1 aliphatic heterocycles. The van der Waals surface area contributed by atoms with Crippen molar-refractivity contribution in [2.24, 2.45) is 0 Å². The lowest BCUT2D eigenvalue weighted by atomic mass is 9.96. The summed E-state index contributed by atoms with van der Waals surface area (Å²) in [6.45, 7) is 4.49. The molecule has 5 rings (SSSR count). The van der Waals surface area contributed by atoms with Gasteiger partial charge < -0.3 is 9.84 Å². The van der Waals surface area contributed by atoms with Crippen LogP contribution in [0.25, 0.3) is 10.9 Å². The molecule has 6 heteroatoms. The van der Waals surface area contributed by atoms with Crippen LogP contribution in [0.2, 0.25) is 5.02 Å². The molecule has 5 nitrogen and oxygen atoms in total. The topological polar surface area (TPSA) is 48.8 Å². The molecule has 1 atom stereocenters. The van der Waals surface area contributed by atoms with E-state index in [0.717, 1.165) is 31.6 Å². The maximum Gasteiger partial charge on any atom is 0.128 e. The monoisotopic (exact) mass is 487 g/mol. The molecule has 1 aliphatic rings. The zero-order valence-electron chi connectivity index (χ0n) is 19.6. The van der Waals surface area contributed by atoms with Crippen molar-refractivity contribution >= 4 is 22.5 Å². The van der Waals surface area contributed by atoms with Crippen LogP contribution in [0.1, 0.15) is 17.2 Å². The van der Waals surface area contributed by atoms with Gasteiger partial charge in [-0.25, -0.2) is 0 Å². The van der Waals surface area contributed by atoms with Crippen molar-refractivity contribution < 1.29 is 9.84 Å². The molecule has 35 heavy (non-hydrogen) atoms. The fourth-order valence-corrected chi connectivity index (χ4v) is 5.08. The van der Waals surface area contributed by atoms with Crippen LogP contribution in [-0.4, -0.2) is 65.3 Å². The number of pyridine rings is 1. The molecule has 0 radical (unpaired) electrons. The van der Waals surface area contributed by atoms with Crippen molar-refractivity contribution in [3.8, 4) is 5.75 Å². The Kier molecular flexibility index (Phi) is 7.60. The van der Waals surface area contributed by atoms with Crippen molar-refractivity contribution in [3.63, 3.8) is 0 Å². The number of nitrogens with zero attached hydrogens (tertiary/aromatic N) is 3. The van der Waals surface area contributed by atoms with Crippen LogP contribution in [0.4, 0.5) is 0 Å². The van der Waals surface area contributed by atoms with Crippen molar-refractivity contribution in [3.05, 3.63) is 107 Å². The number of β-amino-alcohol motifs (C(OH)–C–C–N with tert-alkyl or cyclic N) is 1. The number of aromatic nitrogens is 1. The first-order valence-corrected chi connectivity index (χ1v) is 12.5. The first-order chi connectivity index (χ1) is 17.2. The number of piperazine rings is 1. The third-order valence-corrected chi connectivity index (χ3v) is 6.89. The maximum absolute atomic E-state index is 10.7. The Labute approximate surface area is 211 Å². The van der Waals surface area contributed by atoms with Gasteiger partial charge in [-0.1, -0.05) is 72.3 Å². The summed E-state index contributed by atoms with van der Waals surface area (Å²) in [4.78, 5) is 9.20. The van der Waals surface area contributed by atoms with Crippen molar-refractivity contribution in [1.29, 1.82) is 0 Å². The minimum absolute atomic E-state index is 0.225. The molecule has 4 aromatic rings. The SMILES string of the molecule is OC(COc1ccc(Cl)c2ncccc12)CN1CCN(C(c2ccccc2)c2ccccc2)CC1. The van der Waals surface area contributed by atoms with E-state index in [4.69, 9.17) is 16.3 Å². The van der Waals surface area contributed by atoms with E-state index >= 15 is 0 Å². The van der Waals surface area contributed by atoms with Gasteiger partial charge in [0.25, 0.3) is 0 Å².